The predicted octanol–water partition coefficient (Wildman–Crippen LogP) is 6.67. The zero-order valence-electron chi connectivity index (χ0n) is 25.5. The topological polar surface area (TPSA) is 116 Å². The summed E-state index contributed by atoms with van der Waals surface area (Å²) in [4.78, 5) is 22.5. The van der Waals surface area contributed by atoms with Gasteiger partial charge in [-0.25, -0.2) is 4.98 Å². The molecule has 0 unspecified atom stereocenters. The number of nitrogens with one attached hydrogen (secondary N) is 3. The fourth-order valence-electron chi connectivity index (χ4n) is 4.27. The third-order valence-electron chi connectivity index (χ3n) is 6.41. The van der Waals surface area contributed by atoms with Crippen molar-refractivity contribution < 1.29 is 23.7 Å². The first-order valence-corrected chi connectivity index (χ1v) is 14.2. The van der Waals surface area contributed by atoms with Gasteiger partial charge in [-0.05, 0) is 56.2 Å². The van der Waals surface area contributed by atoms with Crippen LogP contribution in [0.2, 0.25) is 0 Å². The van der Waals surface area contributed by atoms with Crippen molar-refractivity contribution in [3.8, 4) is 28.9 Å². The van der Waals surface area contributed by atoms with Crippen LogP contribution in [0.4, 0.5) is 17.3 Å². The lowest BCUT2D eigenvalue weighted by atomic mass is 10.1. The second-order valence-electron chi connectivity index (χ2n) is 10.1. The molecule has 0 aliphatic heterocycles. The molecule has 0 atom stereocenters. The van der Waals surface area contributed by atoms with Gasteiger partial charge in [0.15, 0.2) is 23.0 Å². The monoisotopic (exact) mass is 585 g/mol. The number of para-hydroxylation sites is 3. The number of benzene rings is 3. The van der Waals surface area contributed by atoms with Gasteiger partial charge in [0.25, 0.3) is 5.91 Å². The number of hydrogen-bond acceptors (Lipinski definition) is 9. The third kappa shape index (κ3) is 8.36. The molecule has 1 heterocycles. The summed E-state index contributed by atoms with van der Waals surface area (Å²) in [5.41, 5.74) is 3.43. The summed E-state index contributed by atoms with van der Waals surface area (Å²) in [6, 6.07) is 18.9. The molecular weight excluding hydrogens is 546 g/mol. The molecule has 3 aromatic carbocycles. The van der Waals surface area contributed by atoms with Crippen LogP contribution in [0.5, 0.6) is 28.9 Å². The van der Waals surface area contributed by atoms with E-state index in [1.165, 1.54) is 6.20 Å². The van der Waals surface area contributed by atoms with Gasteiger partial charge in [0.2, 0.25) is 11.8 Å². The zero-order chi connectivity index (χ0) is 30.8. The van der Waals surface area contributed by atoms with Crippen LogP contribution >= 0.6 is 0 Å². The van der Waals surface area contributed by atoms with E-state index in [0.717, 1.165) is 16.8 Å². The van der Waals surface area contributed by atoms with Crippen LogP contribution in [0.1, 0.15) is 42.3 Å². The molecule has 0 spiro atoms. The van der Waals surface area contributed by atoms with Crippen molar-refractivity contribution >= 4 is 23.2 Å². The van der Waals surface area contributed by atoms with Crippen molar-refractivity contribution in [1.82, 2.24) is 15.3 Å². The first kappa shape index (κ1) is 31.1. The Morgan fingerprint density at radius 1 is 0.907 bits per heavy atom. The second kappa shape index (κ2) is 14.9. The number of nitrogens with zero attached hydrogens (tertiary/aromatic N) is 2. The van der Waals surface area contributed by atoms with E-state index in [4.69, 9.17) is 18.9 Å². The van der Waals surface area contributed by atoms with Crippen LogP contribution < -0.4 is 34.9 Å². The Labute approximate surface area is 252 Å². The van der Waals surface area contributed by atoms with E-state index in [0.29, 0.717) is 54.5 Å². The molecule has 1 aromatic heterocycles. The Morgan fingerprint density at radius 2 is 1.63 bits per heavy atom. The average Bonchev–Trinajstić information content (AvgIpc) is 2.99. The number of ether oxygens (including phenoxy) is 4. The maximum Gasteiger partial charge on any atom is 0.262 e. The van der Waals surface area contributed by atoms with E-state index in [2.05, 4.69) is 39.8 Å². The molecule has 0 saturated heterocycles. The van der Waals surface area contributed by atoms with Gasteiger partial charge >= 0.3 is 0 Å². The molecule has 10 nitrogen and oxygen atoms in total. The van der Waals surface area contributed by atoms with Crippen LogP contribution in [0, 0.1) is 13.8 Å². The van der Waals surface area contributed by atoms with Crippen LogP contribution in [-0.4, -0.2) is 48.8 Å². The van der Waals surface area contributed by atoms with Crippen molar-refractivity contribution in [2.24, 2.45) is 0 Å². The molecule has 4 aromatic rings. The number of hydrogen-bond donors (Lipinski definition) is 3. The van der Waals surface area contributed by atoms with Gasteiger partial charge in [-0.15, -0.1) is 0 Å². The quantitative estimate of drug-likeness (QED) is 0.140. The molecule has 0 aliphatic carbocycles. The smallest absolute Gasteiger partial charge is 0.262 e. The number of aromatic nitrogens is 2. The minimum absolute atomic E-state index is 0.0676. The Kier molecular flexibility index (Phi) is 10.8. The molecule has 10 heteroatoms. The molecule has 1 amide bonds. The van der Waals surface area contributed by atoms with Crippen molar-refractivity contribution in [1.29, 1.82) is 0 Å². The summed E-state index contributed by atoms with van der Waals surface area (Å²) < 4.78 is 23.4. The SMILES string of the molecule is CCOc1ccccc1Oc1nc(Nc2ccc(OCCNC(C)C)c(OC)c2)ncc1C(=O)Nc1c(C)cccc1C. The van der Waals surface area contributed by atoms with Crippen molar-refractivity contribution in [3.05, 3.63) is 83.6 Å². The van der Waals surface area contributed by atoms with Gasteiger partial charge < -0.3 is 34.9 Å². The first-order chi connectivity index (χ1) is 20.8. The Bertz CT molecular complexity index is 1520. The number of methoxy groups -OCH3 is 1. The molecule has 4 rings (SSSR count). The maximum absolute atomic E-state index is 13.5. The van der Waals surface area contributed by atoms with E-state index in [1.54, 1.807) is 25.3 Å². The van der Waals surface area contributed by atoms with Crippen LogP contribution in [0.25, 0.3) is 0 Å². The molecule has 0 bridgehead atoms. The number of aryl methyl sites for hydroxylation is 2. The summed E-state index contributed by atoms with van der Waals surface area (Å²) in [6.45, 7) is 11.6. The molecule has 0 saturated carbocycles. The van der Waals surface area contributed by atoms with Crippen molar-refractivity contribution in [2.75, 3.05) is 37.5 Å². The fraction of sp³-hybridized carbons (Fsp3) is 0.303. The minimum Gasteiger partial charge on any atom is -0.493 e. The Morgan fingerprint density at radius 3 is 2.33 bits per heavy atom. The first-order valence-electron chi connectivity index (χ1n) is 14.2. The van der Waals surface area contributed by atoms with Crippen molar-refractivity contribution in [2.45, 2.75) is 40.7 Å². The van der Waals surface area contributed by atoms with Crippen LogP contribution in [0.3, 0.4) is 0 Å². The van der Waals surface area contributed by atoms with Crippen LogP contribution in [0.15, 0.2) is 66.9 Å². The summed E-state index contributed by atoms with van der Waals surface area (Å²) in [7, 11) is 1.58. The van der Waals surface area contributed by atoms with Gasteiger partial charge in [0.05, 0.1) is 13.7 Å². The summed E-state index contributed by atoms with van der Waals surface area (Å²) in [5.74, 6) is 2.02. The summed E-state index contributed by atoms with van der Waals surface area (Å²) >= 11 is 0. The predicted molar refractivity (Wildman–Crippen MR) is 168 cm³/mol. The number of amides is 1. The molecule has 0 aliphatic rings. The maximum atomic E-state index is 13.5. The summed E-state index contributed by atoms with van der Waals surface area (Å²) in [6.07, 6.45) is 1.44. The normalized spacial score (nSPS) is 10.8. The van der Waals surface area contributed by atoms with Crippen LogP contribution in [-0.2, 0) is 0 Å². The second-order valence-corrected chi connectivity index (χ2v) is 10.1. The van der Waals surface area contributed by atoms with E-state index in [-0.39, 0.29) is 17.4 Å². The van der Waals surface area contributed by atoms with Crippen molar-refractivity contribution in [3.63, 3.8) is 0 Å². The largest absolute Gasteiger partial charge is 0.493 e. The number of carbonyl (C=O) groups excluding carboxylic acids is 1. The third-order valence-corrected chi connectivity index (χ3v) is 6.41. The van der Waals surface area contributed by atoms with E-state index >= 15 is 0 Å². The molecule has 226 valence electrons. The van der Waals surface area contributed by atoms with Gasteiger partial charge in [-0.1, -0.05) is 44.2 Å². The number of carbonyl (C=O) groups is 1. The molecule has 43 heavy (non-hydrogen) atoms. The lowest BCUT2D eigenvalue weighted by Gasteiger charge is -2.16. The Hall–Kier alpha value is -4.83. The fourth-order valence-corrected chi connectivity index (χ4v) is 4.27. The molecule has 0 radical (unpaired) electrons. The lowest BCUT2D eigenvalue weighted by molar-refractivity contribution is 0.102. The van der Waals surface area contributed by atoms with Gasteiger partial charge in [-0.3, -0.25) is 4.79 Å². The highest BCUT2D eigenvalue weighted by molar-refractivity contribution is 6.06. The number of anilines is 3. The van der Waals surface area contributed by atoms with Gasteiger partial charge in [0.1, 0.15) is 12.2 Å². The van der Waals surface area contributed by atoms with Gasteiger partial charge in [-0.2, -0.15) is 4.98 Å². The minimum atomic E-state index is -0.400. The lowest BCUT2D eigenvalue weighted by Crippen LogP contribution is -2.27. The highest BCUT2D eigenvalue weighted by Gasteiger charge is 2.20. The molecule has 0 fully saturated rings. The van der Waals surface area contributed by atoms with E-state index in [9.17, 15) is 4.79 Å². The van der Waals surface area contributed by atoms with E-state index in [1.807, 2.05) is 63.2 Å². The highest BCUT2D eigenvalue weighted by Crippen LogP contribution is 2.34. The summed E-state index contributed by atoms with van der Waals surface area (Å²) in [5, 5.41) is 9.49. The molecular formula is C33H39N5O5. The molecule has 3 N–H and O–H groups in total. The average molecular weight is 586 g/mol. The van der Waals surface area contributed by atoms with E-state index < -0.39 is 5.91 Å². The van der Waals surface area contributed by atoms with Gasteiger partial charge in [0, 0.05) is 36.2 Å². The number of rotatable bonds is 14. The Balaban J connectivity index is 1.62. The standard InChI is InChI=1S/C33H39N5O5/c1-7-41-26-13-8-9-14-28(26)43-32-25(31(39)37-30-22(4)11-10-12-23(30)5)20-35-33(38-32)36-24-15-16-27(29(19-24)40-6)42-18-17-34-21(2)3/h8-16,19-21,34H,7,17-18H2,1-6H3,(H,37,39)(H,35,36,38). The highest BCUT2D eigenvalue weighted by atomic mass is 16.5. The zero-order valence-corrected chi connectivity index (χ0v) is 25.5.